The van der Waals surface area contributed by atoms with E-state index in [9.17, 15) is 4.79 Å². The molecular formula is C18H19ClN4O. The number of benzene rings is 1. The van der Waals surface area contributed by atoms with Crippen LogP contribution in [0.4, 0.5) is 5.95 Å². The van der Waals surface area contributed by atoms with E-state index in [2.05, 4.69) is 28.3 Å². The van der Waals surface area contributed by atoms with E-state index in [1.54, 1.807) is 12.4 Å². The first-order valence-corrected chi connectivity index (χ1v) is 8.65. The third-order valence-corrected chi connectivity index (χ3v) is 5.15. The number of carbonyl (C=O) groups excluding carboxylic acids is 1. The molecule has 2 atom stereocenters. The van der Waals surface area contributed by atoms with Crippen molar-refractivity contribution < 1.29 is 4.79 Å². The van der Waals surface area contributed by atoms with Crippen molar-refractivity contribution in [3.05, 3.63) is 52.3 Å². The summed E-state index contributed by atoms with van der Waals surface area (Å²) in [6, 6.07) is 6.61. The molecule has 2 aromatic rings. The maximum Gasteiger partial charge on any atom is 0.257 e. The van der Waals surface area contributed by atoms with Crippen LogP contribution < -0.4 is 5.32 Å². The van der Waals surface area contributed by atoms with E-state index >= 15 is 0 Å². The van der Waals surface area contributed by atoms with Gasteiger partial charge in [-0.3, -0.25) is 4.79 Å². The van der Waals surface area contributed by atoms with E-state index in [1.165, 1.54) is 11.1 Å². The summed E-state index contributed by atoms with van der Waals surface area (Å²) in [5.41, 5.74) is 3.14. The topological polar surface area (TPSA) is 58.1 Å². The number of halogens is 1. The van der Waals surface area contributed by atoms with E-state index in [0.717, 1.165) is 30.8 Å². The van der Waals surface area contributed by atoms with Crippen molar-refractivity contribution in [3.63, 3.8) is 0 Å². The lowest BCUT2D eigenvalue weighted by Crippen LogP contribution is -2.49. The molecule has 0 saturated carbocycles. The van der Waals surface area contributed by atoms with Gasteiger partial charge in [0.05, 0.1) is 5.56 Å². The van der Waals surface area contributed by atoms with Crippen LogP contribution in [-0.2, 0) is 12.8 Å². The Kier molecular flexibility index (Phi) is 3.88. The molecule has 5 nitrogen and oxygen atoms in total. The molecule has 1 saturated heterocycles. The summed E-state index contributed by atoms with van der Waals surface area (Å²) in [7, 11) is 0. The Morgan fingerprint density at radius 2 is 2.00 bits per heavy atom. The van der Waals surface area contributed by atoms with Gasteiger partial charge < -0.3 is 10.2 Å². The lowest BCUT2D eigenvalue weighted by Gasteiger charge is -2.38. The Hall–Kier alpha value is -2.14. The minimum Gasteiger partial charge on any atom is -0.351 e. The molecule has 1 aliphatic heterocycles. The number of aromatic nitrogens is 2. The zero-order valence-corrected chi connectivity index (χ0v) is 14.3. The van der Waals surface area contributed by atoms with Crippen LogP contribution in [0.2, 0.25) is 5.02 Å². The molecule has 0 radical (unpaired) electrons. The maximum absolute atomic E-state index is 12.3. The molecule has 4 rings (SSSR count). The quantitative estimate of drug-likeness (QED) is 0.931. The zero-order chi connectivity index (χ0) is 16.7. The van der Waals surface area contributed by atoms with Gasteiger partial charge in [-0.1, -0.05) is 17.7 Å². The Balaban J connectivity index is 1.40. The monoisotopic (exact) mass is 342 g/mol. The number of rotatable bonds is 3. The van der Waals surface area contributed by atoms with Crippen LogP contribution in [0.25, 0.3) is 0 Å². The minimum absolute atomic E-state index is 0.0169. The van der Waals surface area contributed by atoms with E-state index in [4.69, 9.17) is 11.6 Å². The molecule has 0 spiro atoms. The molecule has 6 heteroatoms. The van der Waals surface area contributed by atoms with E-state index in [0.29, 0.717) is 17.6 Å². The molecule has 1 aromatic carbocycles. The van der Waals surface area contributed by atoms with Crippen LogP contribution in [0.5, 0.6) is 0 Å². The summed E-state index contributed by atoms with van der Waals surface area (Å²) in [6.45, 7) is 2.88. The number of hydrogen-bond donors (Lipinski definition) is 1. The van der Waals surface area contributed by atoms with Crippen molar-refractivity contribution in [1.29, 1.82) is 0 Å². The standard InChI is InChI=1S/C18H19ClN4O/c1-11-4-5-23(11)17(24)14-9-20-18(21-10-14)22-16-7-12-2-3-15(19)6-13(12)8-16/h2-3,6,9-11,16H,4-5,7-8H2,1H3,(H,20,21,22)/t11?,16-/m1/s1. The fourth-order valence-corrected chi connectivity index (χ4v) is 3.56. The van der Waals surface area contributed by atoms with E-state index in [1.807, 2.05) is 17.0 Å². The molecule has 124 valence electrons. The van der Waals surface area contributed by atoms with Gasteiger partial charge in [-0.25, -0.2) is 9.97 Å². The summed E-state index contributed by atoms with van der Waals surface area (Å²) in [4.78, 5) is 22.8. The van der Waals surface area contributed by atoms with Crippen LogP contribution >= 0.6 is 11.6 Å². The number of fused-ring (bicyclic) bond motifs is 1. The number of carbonyl (C=O) groups is 1. The molecule has 1 aromatic heterocycles. The average Bonchev–Trinajstić information content (AvgIpc) is 2.95. The first-order chi connectivity index (χ1) is 11.6. The second-order valence-electron chi connectivity index (χ2n) is 6.59. The first-order valence-electron chi connectivity index (χ1n) is 8.27. The average molecular weight is 343 g/mol. The van der Waals surface area contributed by atoms with Gasteiger partial charge in [-0.15, -0.1) is 0 Å². The summed E-state index contributed by atoms with van der Waals surface area (Å²) in [6.07, 6.45) is 6.13. The van der Waals surface area contributed by atoms with Crippen molar-refractivity contribution >= 4 is 23.5 Å². The van der Waals surface area contributed by atoms with Crippen LogP contribution in [0, 0.1) is 0 Å². The molecule has 24 heavy (non-hydrogen) atoms. The van der Waals surface area contributed by atoms with Crippen LogP contribution in [0.15, 0.2) is 30.6 Å². The lowest BCUT2D eigenvalue weighted by atomic mass is 10.0. The molecule has 2 heterocycles. The second kappa shape index (κ2) is 6.06. The highest BCUT2D eigenvalue weighted by Crippen LogP contribution is 2.26. The van der Waals surface area contributed by atoms with Gasteiger partial charge in [0.25, 0.3) is 5.91 Å². The van der Waals surface area contributed by atoms with Crippen molar-refractivity contribution in [2.24, 2.45) is 0 Å². The Morgan fingerprint density at radius 3 is 2.67 bits per heavy atom. The van der Waals surface area contributed by atoms with Crippen molar-refractivity contribution in [2.75, 3.05) is 11.9 Å². The highest BCUT2D eigenvalue weighted by molar-refractivity contribution is 6.30. The van der Waals surface area contributed by atoms with Gasteiger partial charge in [-0.05, 0) is 49.4 Å². The zero-order valence-electron chi connectivity index (χ0n) is 13.5. The van der Waals surface area contributed by atoms with Crippen molar-refractivity contribution in [2.45, 2.75) is 38.3 Å². The number of nitrogens with one attached hydrogen (secondary N) is 1. The summed E-state index contributed by atoms with van der Waals surface area (Å²) in [5, 5.41) is 4.12. The molecule has 0 bridgehead atoms. The van der Waals surface area contributed by atoms with Gasteiger partial charge in [0.15, 0.2) is 0 Å². The third-order valence-electron chi connectivity index (χ3n) is 4.91. The Morgan fingerprint density at radius 1 is 1.25 bits per heavy atom. The van der Waals surface area contributed by atoms with Gasteiger partial charge in [-0.2, -0.15) is 0 Å². The van der Waals surface area contributed by atoms with Gasteiger partial charge in [0.2, 0.25) is 5.95 Å². The first kappa shape index (κ1) is 15.4. The van der Waals surface area contributed by atoms with E-state index in [-0.39, 0.29) is 11.9 Å². The highest BCUT2D eigenvalue weighted by Gasteiger charge is 2.29. The van der Waals surface area contributed by atoms with Crippen LogP contribution in [0.3, 0.4) is 0 Å². The van der Waals surface area contributed by atoms with Crippen LogP contribution in [-0.4, -0.2) is 39.4 Å². The predicted octanol–water partition coefficient (Wildman–Crippen LogP) is 2.94. The van der Waals surface area contributed by atoms with Crippen molar-refractivity contribution in [1.82, 2.24) is 14.9 Å². The molecule has 1 unspecified atom stereocenters. The SMILES string of the molecule is CC1CCN1C(=O)c1cnc(N[C@@H]2Cc3ccc(Cl)cc3C2)nc1. The Bertz CT molecular complexity index is 777. The lowest BCUT2D eigenvalue weighted by molar-refractivity contribution is 0.0501. The van der Waals surface area contributed by atoms with Gasteiger partial charge in [0.1, 0.15) is 0 Å². The van der Waals surface area contributed by atoms with Gasteiger partial charge >= 0.3 is 0 Å². The molecule has 1 aliphatic carbocycles. The number of amides is 1. The number of nitrogens with zero attached hydrogens (tertiary/aromatic N) is 3. The molecular weight excluding hydrogens is 324 g/mol. The normalized spacial score (nSPS) is 22.0. The predicted molar refractivity (Wildman–Crippen MR) is 93.4 cm³/mol. The smallest absolute Gasteiger partial charge is 0.257 e. The third kappa shape index (κ3) is 2.84. The number of likely N-dealkylation sites (tertiary alicyclic amines) is 1. The summed E-state index contributed by atoms with van der Waals surface area (Å²) in [5.74, 6) is 0.579. The number of hydrogen-bond acceptors (Lipinski definition) is 4. The molecule has 1 fully saturated rings. The summed E-state index contributed by atoms with van der Waals surface area (Å²) >= 11 is 6.05. The van der Waals surface area contributed by atoms with Crippen molar-refractivity contribution in [3.8, 4) is 0 Å². The fourth-order valence-electron chi connectivity index (χ4n) is 3.37. The van der Waals surface area contributed by atoms with Crippen LogP contribution in [0.1, 0.15) is 34.8 Å². The molecule has 2 aliphatic rings. The summed E-state index contributed by atoms with van der Waals surface area (Å²) < 4.78 is 0. The largest absolute Gasteiger partial charge is 0.351 e. The molecule has 1 N–H and O–H groups in total. The Labute approximate surface area is 146 Å². The highest BCUT2D eigenvalue weighted by atomic mass is 35.5. The maximum atomic E-state index is 12.3. The molecule has 1 amide bonds. The second-order valence-corrected chi connectivity index (χ2v) is 7.03. The number of anilines is 1. The minimum atomic E-state index is 0.0169. The fraction of sp³-hybridized carbons (Fsp3) is 0.389. The van der Waals surface area contributed by atoms with E-state index < -0.39 is 0 Å². The van der Waals surface area contributed by atoms with Gasteiger partial charge in [0, 0.05) is 36.0 Å².